The van der Waals surface area contributed by atoms with Gasteiger partial charge in [-0.05, 0) is 42.5 Å². The van der Waals surface area contributed by atoms with Crippen LogP contribution in [0, 0.1) is 11.8 Å². The molecule has 0 saturated heterocycles. The zero-order chi connectivity index (χ0) is 23.7. The summed E-state index contributed by atoms with van der Waals surface area (Å²) < 4.78 is 2.11. The van der Waals surface area contributed by atoms with Gasteiger partial charge in [0.25, 0.3) is 5.91 Å². The summed E-state index contributed by atoms with van der Waals surface area (Å²) >= 11 is 0. The second kappa shape index (κ2) is 9.25. The van der Waals surface area contributed by atoms with Gasteiger partial charge in [0.2, 0.25) is 0 Å². The normalized spacial score (nSPS) is 18.8. The number of amides is 1. The van der Waals surface area contributed by atoms with Gasteiger partial charge in [-0.25, -0.2) is 15.0 Å². The predicted molar refractivity (Wildman–Crippen MR) is 135 cm³/mol. The van der Waals surface area contributed by atoms with Crippen LogP contribution >= 0.6 is 0 Å². The maximum atomic E-state index is 12.6. The first-order valence-corrected chi connectivity index (χ1v) is 12.0. The Kier molecular flexibility index (Phi) is 6.01. The minimum absolute atomic E-state index is 0.206. The lowest BCUT2D eigenvalue weighted by atomic mass is 9.83. The number of rotatable bonds is 6. The van der Waals surface area contributed by atoms with Gasteiger partial charge in [-0.1, -0.05) is 51.3 Å². The Morgan fingerprint density at radius 1 is 1.15 bits per heavy atom. The molecule has 1 aromatic carbocycles. The zero-order valence-corrected chi connectivity index (χ0v) is 19.6. The third-order valence-corrected chi connectivity index (χ3v) is 7.23. The van der Waals surface area contributed by atoms with E-state index in [-0.39, 0.29) is 5.91 Å². The monoisotopic (exact) mass is 454 g/mol. The second-order valence-electron chi connectivity index (χ2n) is 9.15. The van der Waals surface area contributed by atoms with Gasteiger partial charge in [0, 0.05) is 35.6 Å². The molecule has 1 aliphatic carbocycles. The average Bonchev–Trinajstić information content (AvgIpc) is 3.50. The summed E-state index contributed by atoms with van der Waals surface area (Å²) in [5.74, 6) is 3.48. The lowest BCUT2D eigenvalue weighted by Crippen LogP contribution is -2.17. The molecule has 5 rings (SSSR count). The molecule has 7 nitrogen and oxygen atoms in total. The van der Waals surface area contributed by atoms with E-state index in [0.717, 1.165) is 28.5 Å². The van der Waals surface area contributed by atoms with Gasteiger partial charge in [0.05, 0.1) is 0 Å². The van der Waals surface area contributed by atoms with E-state index in [0.29, 0.717) is 29.0 Å². The Bertz CT molecular complexity index is 1300. The van der Waals surface area contributed by atoms with Crippen LogP contribution in [0.4, 0.5) is 11.6 Å². The average molecular weight is 455 g/mol. The van der Waals surface area contributed by atoms with Crippen LogP contribution in [0.1, 0.15) is 61.6 Å². The van der Waals surface area contributed by atoms with Crippen molar-refractivity contribution in [2.45, 2.75) is 45.4 Å². The molecule has 34 heavy (non-hydrogen) atoms. The van der Waals surface area contributed by atoms with Crippen LogP contribution in [-0.4, -0.2) is 25.3 Å². The Morgan fingerprint density at radius 3 is 2.71 bits per heavy atom. The molecule has 3 aromatic heterocycles. The highest BCUT2D eigenvalue weighted by molar-refractivity contribution is 6.04. The maximum Gasteiger partial charge on any atom is 0.256 e. The van der Waals surface area contributed by atoms with Crippen molar-refractivity contribution in [2.75, 3.05) is 11.1 Å². The van der Waals surface area contributed by atoms with E-state index in [9.17, 15) is 4.79 Å². The molecule has 1 saturated carbocycles. The molecule has 3 heterocycles. The quantitative estimate of drug-likeness (QED) is 0.398. The van der Waals surface area contributed by atoms with E-state index in [1.54, 1.807) is 30.6 Å². The van der Waals surface area contributed by atoms with Gasteiger partial charge in [-0.15, -0.1) is 0 Å². The molecule has 1 amide bonds. The van der Waals surface area contributed by atoms with Crippen molar-refractivity contribution in [2.24, 2.45) is 11.8 Å². The van der Waals surface area contributed by atoms with Gasteiger partial charge in [-0.2, -0.15) is 0 Å². The molecule has 3 unspecified atom stereocenters. The lowest BCUT2D eigenvalue weighted by molar-refractivity contribution is 0.102. The van der Waals surface area contributed by atoms with Crippen LogP contribution in [-0.2, 0) is 0 Å². The summed E-state index contributed by atoms with van der Waals surface area (Å²) in [6.45, 7) is 4.58. The van der Waals surface area contributed by atoms with Crippen LogP contribution in [0.25, 0.3) is 16.8 Å². The first-order valence-electron chi connectivity index (χ1n) is 12.0. The molecular weight excluding hydrogens is 424 g/mol. The number of pyridine rings is 1. The van der Waals surface area contributed by atoms with Gasteiger partial charge in [-0.3, -0.25) is 9.20 Å². The minimum Gasteiger partial charge on any atom is -0.382 e. The molecule has 3 atom stereocenters. The summed E-state index contributed by atoms with van der Waals surface area (Å²) in [5.41, 5.74) is 9.41. The van der Waals surface area contributed by atoms with E-state index in [4.69, 9.17) is 10.7 Å². The van der Waals surface area contributed by atoms with Crippen molar-refractivity contribution in [3.05, 3.63) is 72.4 Å². The van der Waals surface area contributed by atoms with E-state index >= 15 is 0 Å². The number of hydrogen-bond donors (Lipinski definition) is 2. The molecule has 0 bridgehead atoms. The molecule has 0 aliphatic heterocycles. The van der Waals surface area contributed by atoms with Crippen molar-refractivity contribution in [3.8, 4) is 11.3 Å². The molecule has 0 spiro atoms. The highest BCUT2D eigenvalue weighted by Crippen LogP contribution is 2.43. The van der Waals surface area contributed by atoms with Crippen LogP contribution < -0.4 is 11.1 Å². The van der Waals surface area contributed by atoms with Crippen LogP contribution in [0.3, 0.4) is 0 Å². The number of nitrogens with zero attached hydrogens (tertiary/aromatic N) is 4. The van der Waals surface area contributed by atoms with Crippen molar-refractivity contribution < 1.29 is 4.79 Å². The largest absolute Gasteiger partial charge is 0.382 e. The van der Waals surface area contributed by atoms with Crippen molar-refractivity contribution in [1.29, 1.82) is 0 Å². The predicted octanol–water partition coefficient (Wildman–Crippen LogP) is 5.56. The summed E-state index contributed by atoms with van der Waals surface area (Å²) in [4.78, 5) is 26.2. The number of hydrogen-bond acceptors (Lipinski definition) is 5. The number of nitrogens with two attached hydrogens (primary N) is 1. The van der Waals surface area contributed by atoms with Crippen LogP contribution in [0.5, 0.6) is 0 Å². The molecule has 7 heteroatoms. The van der Waals surface area contributed by atoms with E-state index < -0.39 is 0 Å². The maximum absolute atomic E-state index is 12.6. The highest BCUT2D eigenvalue weighted by Gasteiger charge is 2.33. The fraction of sp³-hybridized carbons (Fsp3) is 0.333. The van der Waals surface area contributed by atoms with E-state index in [1.165, 1.54) is 25.7 Å². The number of aromatic nitrogens is 4. The number of anilines is 2. The standard InChI is InChI=1S/C27H30N6O/c1-3-18-7-6-8-21(18)17(2)26-32-23(24-25(28)30-15-16-33(24)26)19-10-12-20(13-11-19)27(34)31-22-9-4-5-14-29-22/h4-5,9-18,21H,3,6-8H2,1-2H3,(H2,28,30)(H,29,31,34). The zero-order valence-electron chi connectivity index (χ0n) is 19.6. The molecular formula is C27H30N6O. The summed E-state index contributed by atoms with van der Waals surface area (Å²) in [6, 6.07) is 12.8. The second-order valence-corrected chi connectivity index (χ2v) is 9.15. The fourth-order valence-electron chi connectivity index (χ4n) is 5.44. The number of benzene rings is 1. The van der Waals surface area contributed by atoms with Gasteiger partial charge in [0.15, 0.2) is 0 Å². The Morgan fingerprint density at radius 2 is 1.97 bits per heavy atom. The van der Waals surface area contributed by atoms with Crippen molar-refractivity contribution in [3.63, 3.8) is 0 Å². The van der Waals surface area contributed by atoms with Crippen LogP contribution in [0.15, 0.2) is 61.1 Å². The van der Waals surface area contributed by atoms with E-state index in [1.807, 2.05) is 30.5 Å². The molecule has 1 fully saturated rings. The minimum atomic E-state index is -0.206. The Hall–Kier alpha value is -3.74. The van der Waals surface area contributed by atoms with Crippen molar-refractivity contribution in [1.82, 2.24) is 19.4 Å². The third-order valence-electron chi connectivity index (χ3n) is 7.23. The topological polar surface area (TPSA) is 98.2 Å². The summed E-state index contributed by atoms with van der Waals surface area (Å²) in [5, 5.41) is 2.82. The highest BCUT2D eigenvalue weighted by atomic mass is 16.1. The first-order chi connectivity index (χ1) is 16.6. The number of fused-ring (bicyclic) bond motifs is 1. The Balaban J connectivity index is 1.48. The lowest BCUT2D eigenvalue weighted by Gasteiger charge is -2.24. The summed E-state index contributed by atoms with van der Waals surface area (Å²) in [7, 11) is 0. The number of imidazole rings is 1. The molecule has 4 aromatic rings. The third kappa shape index (κ3) is 4.02. The molecule has 0 radical (unpaired) electrons. The molecule has 174 valence electrons. The number of carbonyl (C=O) groups excluding carboxylic acids is 1. The smallest absolute Gasteiger partial charge is 0.256 e. The van der Waals surface area contributed by atoms with Gasteiger partial charge < -0.3 is 11.1 Å². The Labute approximate surface area is 199 Å². The number of nitrogen functional groups attached to an aromatic ring is 1. The number of carbonyl (C=O) groups is 1. The van der Waals surface area contributed by atoms with E-state index in [2.05, 4.69) is 33.5 Å². The van der Waals surface area contributed by atoms with Crippen molar-refractivity contribution >= 4 is 23.1 Å². The first kappa shape index (κ1) is 22.1. The molecule has 1 aliphatic rings. The SMILES string of the molecule is CCC1CCCC1C(C)c1nc(-c2ccc(C(=O)Nc3ccccn3)cc2)c2c(N)nccn12. The van der Waals surface area contributed by atoms with Crippen LogP contribution in [0.2, 0.25) is 0 Å². The number of nitrogens with one attached hydrogen (secondary N) is 1. The van der Waals surface area contributed by atoms with Gasteiger partial charge >= 0.3 is 0 Å². The molecule has 3 N–H and O–H groups in total. The fourth-order valence-corrected chi connectivity index (χ4v) is 5.44. The summed E-state index contributed by atoms with van der Waals surface area (Å²) in [6.07, 6.45) is 10.4. The van der Waals surface area contributed by atoms with Gasteiger partial charge in [0.1, 0.15) is 28.7 Å².